The zero-order chi connectivity index (χ0) is 19.1. The van der Waals surface area contributed by atoms with Gasteiger partial charge in [-0.1, -0.05) is 71.8 Å². The maximum atomic E-state index is 12.3. The molecule has 1 amide bonds. The third-order valence-electron chi connectivity index (χ3n) is 4.53. The van der Waals surface area contributed by atoms with Crippen LogP contribution in [-0.2, 0) is 4.79 Å². The minimum Gasteiger partial charge on any atom is -0.322 e. The molecule has 0 atom stereocenters. The number of benzene rings is 2. The SMILES string of the molecule is O=C(CN1CCN(C/C=C/c2ccccc2)CC1)Nc1c(Cl)cccc1Cl. The molecule has 1 aliphatic rings. The molecular formula is C21H23Cl2N3O. The summed E-state index contributed by atoms with van der Waals surface area (Å²) in [6.45, 7) is 4.88. The standard InChI is InChI=1S/C21H23Cl2N3O/c22-18-9-4-10-19(23)21(18)24-20(27)16-26-14-12-25(13-15-26)11-5-8-17-6-2-1-3-7-17/h1-10H,11-16H2,(H,24,27)/b8-5+. The van der Waals surface area contributed by atoms with Crippen molar-refractivity contribution in [2.45, 2.75) is 0 Å². The molecule has 27 heavy (non-hydrogen) atoms. The van der Waals surface area contributed by atoms with Gasteiger partial charge in [-0.2, -0.15) is 0 Å². The van der Waals surface area contributed by atoms with Gasteiger partial charge in [0.15, 0.2) is 0 Å². The largest absolute Gasteiger partial charge is 0.322 e. The van der Waals surface area contributed by atoms with Gasteiger partial charge in [0.25, 0.3) is 0 Å². The Hall–Kier alpha value is -1.85. The van der Waals surface area contributed by atoms with E-state index in [0.717, 1.165) is 32.7 Å². The lowest BCUT2D eigenvalue weighted by molar-refractivity contribution is -0.117. The Balaban J connectivity index is 1.41. The Morgan fingerprint density at radius 1 is 0.926 bits per heavy atom. The third kappa shape index (κ3) is 6.08. The van der Waals surface area contributed by atoms with Crippen molar-refractivity contribution in [2.24, 2.45) is 0 Å². The van der Waals surface area contributed by atoms with Gasteiger partial charge in [0.1, 0.15) is 0 Å². The van der Waals surface area contributed by atoms with E-state index in [2.05, 4.69) is 39.4 Å². The van der Waals surface area contributed by atoms with Gasteiger partial charge in [0.2, 0.25) is 5.91 Å². The second-order valence-electron chi connectivity index (χ2n) is 6.53. The maximum Gasteiger partial charge on any atom is 0.238 e. The van der Waals surface area contributed by atoms with Crippen molar-refractivity contribution in [2.75, 3.05) is 44.6 Å². The van der Waals surface area contributed by atoms with Crippen LogP contribution in [-0.4, -0.2) is 55.0 Å². The molecule has 1 fully saturated rings. The maximum absolute atomic E-state index is 12.3. The number of amides is 1. The van der Waals surface area contributed by atoms with E-state index >= 15 is 0 Å². The predicted octanol–water partition coefficient (Wildman–Crippen LogP) is 4.26. The van der Waals surface area contributed by atoms with Crippen LogP contribution in [0.5, 0.6) is 0 Å². The van der Waals surface area contributed by atoms with Crippen molar-refractivity contribution in [3.8, 4) is 0 Å². The highest BCUT2D eigenvalue weighted by Crippen LogP contribution is 2.29. The molecule has 0 unspecified atom stereocenters. The zero-order valence-electron chi connectivity index (χ0n) is 15.1. The summed E-state index contributed by atoms with van der Waals surface area (Å²) in [5.41, 5.74) is 1.70. The van der Waals surface area contributed by atoms with Crippen LogP contribution in [0.3, 0.4) is 0 Å². The van der Waals surface area contributed by atoms with Crippen LogP contribution in [0.1, 0.15) is 5.56 Å². The van der Waals surface area contributed by atoms with Gasteiger partial charge in [0, 0.05) is 32.7 Å². The summed E-state index contributed by atoms with van der Waals surface area (Å²) in [5.74, 6) is -0.0950. The number of halogens is 2. The first-order valence-electron chi connectivity index (χ1n) is 9.02. The second kappa shape index (κ2) is 9.90. The van der Waals surface area contributed by atoms with Crippen molar-refractivity contribution >= 4 is 40.9 Å². The topological polar surface area (TPSA) is 35.6 Å². The fraction of sp³-hybridized carbons (Fsp3) is 0.286. The van der Waals surface area contributed by atoms with Crippen LogP contribution in [0.2, 0.25) is 10.0 Å². The van der Waals surface area contributed by atoms with Crippen LogP contribution in [0.25, 0.3) is 6.08 Å². The minimum atomic E-state index is -0.0950. The summed E-state index contributed by atoms with van der Waals surface area (Å²) in [4.78, 5) is 16.8. The number of hydrogen-bond acceptors (Lipinski definition) is 3. The molecule has 0 radical (unpaired) electrons. The van der Waals surface area contributed by atoms with Gasteiger partial charge in [-0.25, -0.2) is 0 Å². The van der Waals surface area contributed by atoms with Crippen molar-refractivity contribution in [3.63, 3.8) is 0 Å². The number of rotatable bonds is 6. The first-order chi connectivity index (χ1) is 13.1. The molecule has 0 aliphatic carbocycles. The number of carbonyl (C=O) groups excluding carboxylic acids is 1. The number of anilines is 1. The lowest BCUT2D eigenvalue weighted by Crippen LogP contribution is -2.48. The van der Waals surface area contributed by atoms with E-state index in [4.69, 9.17) is 23.2 Å². The molecule has 1 N–H and O–H groups in total. The molecule has 0 bridgehead atoms. The fourth-order valence-corrected chi connectivity index (χ4v) is 3.52. The van der Waals surface area contributed by atoms with Crippen molar-refractivity contribution in [1.29, 1.82) is 0 Å². The lowest BCUT2D eigenvalue weighted by Gasteiger charge is -2.33. The highest BCUT2D eigenvalue weighted by Gasteiger charge is 2.19. The highest BCUT2D eigenvalue weighted by molar-refractivity contribution is 6.39. The Kier molecular flexibility index (Phi) is 7.30. The van der Waals surface area contributed by atoms with Gasteiger partial charge in [-0.3, -0.25) is 14.6 Å². The highest BCUT2D eigenvalue weighted by atomic mass is 35.5. The van der Waals surface area contributed by atoms with E-state index < -0.39 is 0 Å². The van der Waals surface area contributed by atoms with Gasteiger partial charge in [-0.15, -0.1) is 0 Å². The molecular weight excluding hydrogens is 381 g/mol. The first-order valence-corrected chi connectivity index (χ1v) is 9.77. The normalized spacial score (nSPS) is 15.9. The van der Waals surface area contributed by atoms with Gasteiger partial charge in [-0.05, 0) is 17.7 Å². The van der Waals surface area contributed by atoms with E-state index in [1.54, 1.807) is 18.2 Å². The molecule has 1 saturated heterocycles. The lowest BCUT2D eigenvalue weighted by atomic mass is 10.2. The molecule has 2 aromatic rings. The van der Waals surface area contributed by atoms with Crippen LogP contribution >= 0.6 is 23.2 Å². The van der Waals surface area contributed by atoms with Crippen molar-refractivity contribution < 1.29 is 4.79 Å². The van der Waals surface area contributed by atoms with Crippen LogP contribution < -0.4 is 5.32 Å². The molecule has 6 heteroatoms. The molecule has 142 valence electrons. The van der Waals surface area contributed by atoms with E-state index in [1.807, 2.05) is 18.2 Å². The van der Waals surface area contributed by atoms with Crippen molar-refractivity contribution in [1.82, 2.24) is 9.80 Å². The number of piperazine rings is 1. The predicted molar refractivity (Wildman–Crippen MR) is 113 cm³/mol. The van der Waals surface area contributed by atoms with E-state index in [1.165, 1.54) is 5.56 Å². The summed E-state index contributed by atoms with van der Waals surface area (Å²) < 4.78 is 0. The minimum absolute atomic E-state index is 0.0950. The summed E-state index contributed by atoms with van der Waals surface area (Å²) >= 11 is 12.2. The molecule has 0 spiro atoms. The molecule has 4 nitrogen and oxygen atoms in total. The molecule has 1 aliphatic heterocycles. The number of carbonyl (C=O) groups is 1. The average molecular weight is 404 g/mol. The average Bonchev–Trinajstić information content (AvgIpc) is 2.67. The molecule has 1 heterocycles. The Labute approximate surface area is 170 Å². The Morgan fingerprint density at radius 2 is 1.56 bits per heavy atom. The Morgan fingerprint density at radius 3 is 2.22 bits per heavy atom. The third-order valence-corrected chi connectivity index (χ3v) is 5.16. The molecule has 2 aromatic carbocycles. The van der Waals surface area contributed by atoms with Crippen LogP contribution in [0.4, 0.5) is 5.69 Å². The van der Waals surface area contributed by atoms with Crippen LogP contribution in [0.15, 0.2) is 54.6 Å². The van der Waals surface area contributed by atoms with Crippen LogP contribution in [0, 0.1) is 0 Å². The fourth-order valence-electron chi connectivity index (χ4n) is 3.03. The van der Waals surface area contributed by atoms with E-state index in [0.29, 0.717) is 22.3 Å². The van der Waals surface area contributed by atoms with Crippen molar-refractivity contribution in [3.05, 3.63) is 70.2 Å². The van der Waals surface area contributed by atoms with E-state index in [-0.39, 0.29) is 5.91 Å². The summed E-state index contributed by atoms with van der Waals surface area (Å²) in [7, 11) is 0. The monoisotopic (exact) mass is 403 g/mol. The second-order valence-corrected chi connectivity index (χ2v) is 7.35. The summed E-state index contributed by atoms with van der Waals surface area (Å²) in [6.07, 6.45) is 4.34. The zero-order valence-corrected chi connectivity index (χ0v) is 16.6. The summed E-state index contributed by atoms with van der Waals surface area (Å²) in [5, 5.41) is 3.72. The van der Waals surface area contributed by atoms with Gasteiger partial charge < -0.3 is 5.32 Å². The molecule has 3 rings (SSSR count). The summed E-state index contributed by atoms with van der Waals surface area (Å²) in [6, 6.07) is 15.5. The quantitative estimate of drug-likeness (QED) is 0.782. The van der Waals surface area contributed by atoms with Gasteiger partial charge >= 0.3 is 0 Å². The number of hydrogen-bond donors (Lipinski definition) is 1. The Bertz CT molecular complexity index is 767. The smallest absolute Gasteiger partial charge is 0.238 e. The van der Waals surface area contributed by atoms with E-state index in [9.17, 15) is 4.79 Å². The van der Waals surface area contributed by atoms with Gasteiger partial charge in [0.05, 0.1) is 22.3 Å². The molecule has 0 aromatic heterocycles. The number of nitrogens with one attached hydrogen (secondary N) is 1. The number of nitrogens with zero attached hydrogens (tertiary/aromatic N) is 2. The first kappa shape index (κ1) is 19.9. The molecule has 0 saturated carbocycles. The number of para-hydroxylation sites is 1.